The lowest BCUT2D eigenvalue weighted by molar-refractivity contribution is 0.102. The quantitative estimate of drug-likeness (QED) is 0.720. The average Bonchev–Trinajstić information content (AvgIpc) is 2.81. The maximum atomic E-state index is 12.2. The molecule has 1 heterocycles. The van der Waals surface area contributed by atoms with Crippen molar-refractivity contribution in [3.8, 4) is 0 Å². The number of fused-ring (bicyclic) bond motifs is 1. The maximum absolute atomic E-state index is 12.2. The lowest BCUT2D eigenvalue weighted by atomic mass is 10.2. The summed E-state index contributed by atoms with van der Waals surface area (Å²) in [4.78, 5) is 15.3. The third-order valence-corrected chi connectivity index (χ3v) is 3.34. The van der Waals surface area contributed by atoms with Gasteiger partial charge in [-0.05, 0) is 42.8 Å². The normalized spacial score (nSPS) is 10.7. The van der Waals surface area contributed by atoms with E-state index >= 15 is 0 Å². The molecule has 0 aliphatic carbocycles. The number of aromatic nitrogens is 1. The average molecular weight is 285 g/mol. The number of aryl methyl sites for hydroxylation is 1. The molecule has 4 heteroatoms. The summed E-state index contributed by atoms with van der Waals surface area (Å²) >= 11 is 5.90. The molecule has 3 aromatic rings. The van der Waals surface area contributed by atoms with Crippen molar-refractivity contribution < 1.29 is 4.79 Å². The standard InChI is InChI=1S/C16H13ClN2O/c1-10-5-6-11-8-15(19-14(11)7-10)16(20)18-13-4-2-3-12(17)9-13/h2-9,19H,1H3,(H,18,20). The molecule has 1 amide bonds. The van der Waals surface area contributed by atoms with Gasteiger partial charge in [-0.3, -0.25) is 4.79 Å². The van der Waals surface area contributed by atoms with Crippen LogP contribution in [0.1, 0.15) is 16.1 Å². The second-order valence-corrected chi connectivity index (χ2v) is 5.17. The van der Waals surface area contributed by atoms with Crippen LogP contribution < -0.4 is 5.32 Å². The third kappa shape index (κ3) is 2.53. The Hall–Kier alpha value is -2.26. The molecule has 2 aromatic carbocycles. The zero-order valence-corrected chi connectivity index (χ0v) is 11.7. The molecule has 3 rings (SSSR count). The number of anilines is 1. The van der Waals surface area contributed by atoms with Crippen LogP contribution in [-0.2, 0) is 0 Å². The Morgan fingerprint density at radius 1 is 1.15 bits per heavy atom. The molecule has 0 bridgehead atoms. The van der Waals surface area contributed by atoms with Gasteiger partial charge < -0.3 is 10.3 Å². The molecule has 0 atom stereocenters. The molecule has 0 fully saturated rings. The molecule has 0 radical (unpaired) electrons. The Morgan fingerprint density at radius 3 is 2.80 bits per heavy atom. The summed E-state index contributed by atoms with van der Waals surface area (Å²) in [7, 11) is 0. The van der Waals surface area contributed by atoms with Crippen molar-refractivity contribution in [2.45, 2.75) is 6.92 Å². The lowest BCUT2D eigenvalue weighted by Crippen LogP contribution is -2.12. The van der Waals surface area contributed by atoms with Gasteiger partial charge in [0.05, 0.1) is 0 Å². The smallest absolute Gasteiger partial charge is 0.272 e. The molecule has 0 saturated carbocycles. The van der Waals surface area contributed by atoms with Crippen LogP contribution >= 0.6 is 11.6 Å². The number of aromatic amines is 1. The minimum Gasteiger partial charge on any atom is -0.351 e. The fourth-order valence-electron chi connectivity index (χ4n) is 2.13. The van der Waals surface area contributed by atoms with E-state index in [0.717, 1.165) is 16.5 Å². The van der Waals surface area contributed by atoms with E-state index in [1.165, 1.54) is 0 Å². The fraction of sp³-hybridized carbons (Fsp3) is 0.0625. The van der Waals surface area contributed by atoms with Crippen molar-refractivity contribution in [1.29, 1.82) is 0 Å². The Morgan fingerprint density at radius 2 is 2.00 bits per heavy atom. The highest BCUT2D eigenvalue weighted by Crippen LogP contribution is 2.19. The third-order valence-electron chi connectivity index (χ3n) is 3.11. The number of carbonyl (C=O) groups excluding carboxylic acids is 1. The number of halogens is 1. The highest BCUT2D eigenvalue weighted by Gasteiger charge is 2.10. The van der Waals surface area contributed by atoms with Gasteiger partial charge in [-0.1, -0.05) is 29.8 Å². The SMILES string of the molecule is Cc1ccc2cc(C(=O)Nc3cccc(Cl)c3)[nH]c2c1. The van der Waals surface area contributed by atoms with Crippen molar-refractivity contribution in [3.63, 3.8) is 0 Å². The Labute approximate surface area is 121 Å². The number of hydrogen-bond donors (Lipinski definition) is 2. The van der Waals surface area contributed by atoms with E-state index in [0.29, 0.717) is 16.4 Å². The summed E-state index contributed by atoms with van der Waals surface area (Å²) in [5.74, 6) is -0.180. The van der Waals surface area contributed by atoms with Crippen molar-refractivity contribution in [2.24, 2.45) is 0 Å². The molecule has 20 heavy (non-hydrogen) atoms. The van der Waals surface area contributed by atoms with Crippen LogP contribution in [0.5, 0.6) is 0 Å². The fourth-order valence-corrected chi connectivity index (χ4v) is 2.32. The number of benzene rings is 2. The summed E-state index contributed by atoms with van der Waals surface area (Å²) in [5, 5.41) is 4.43. The first-order chi connectivity index (χ1) is 9.61. The van der Waals surface area contributed by atoms with Crippen molar-refractivity contribution in [1.82, 2.24) is 4.98 Å². The van der Waals surface area contributed by atoms with Crippen molar-refractivity contribution in [3.05, 3.63) is 64.8 Å². The first-order valence-corrected chi connectivity index (χ1v) is 6.66. The van der Waals surface area contributed by atoms with Gasteiger partial charge in [-0.2, -0.15) is 0 Å². The number of hydrogen-bond acceptors (Lipinski definition) is 1. The highest BCUT2D eigenvalue weighted by molar-refractivity contribution is 6.31. The molecule has 0 unspecified atom stereocenters. The Kier molecular flexibility index (Phi) is 3.20. The van der Waals surface area contributed by atoms with Gasteiger partial charge in [0, 0.05) is 21.6 Å². The number of H-pyrrole nitrogens is 1. The molecule has 3 nitrogen and oxygen atoms in total. The zero-order chi connectivity index (χ0) is 14.1. The van der Waals surface area contributed by atoms with E-state index in [-0.39, 0.29) is 5.91 Å². The number of carbonyl (C=O) groups is 1. The minimum absolute atomic E-state index is 0.180. The van der Waals surface area contributed by atoms with E-state index in [4.69, 9.17) is 11.6 Å². The summed E-state index contributed by atoms with van der Waals surface area (Å²) < 4.78 is 0. The van der Waals surface area contributed by atoms with Crippen LogP contribution in [0.2, 0.25) is 5.02 Å². The van der Waals surface area contributed by atoms with Crippen molar-refractivity contribution in [2.75, 3.05) is 5.32 Å². The van der Waals surface area contributed by atoms with Crippen LogP contribution in [0.4, 0.5) is 5.69 Å². The number of nitrogens with one attached hydrogen (secondary N) is 2. The van der Waals surface area contributed by atoms with Gasteiger partial charge >= 0.3 is 0 Å². The topological polar surface area (TPSA) is 44.9 Å². The van der Waals surface area contributed by atoms with Gasteiger partial charge in [0.25, 0.3) is 5.91 Å². The van der Waals surface area contributed by atoms with E-state index in [1.807, 2.05) is 31.2 Å². The van der Waals surface area contributed by atoms with E-state index in [9.17, 15) is 4.79 Å². The number of amides is 1. The predicted octanol–water partition coefficient (Wildman–Crippen LogP) is 4.38. The molecular weight excluding hydrogens is 272 g/mol. The molecule has 1 aromatic heterocycles. The van der Waals surface area contributed by atoms with Gasteiger partial charge in [0.15, 0.2) is 0 Å². The summed E-state index contributed by atoms with van der Waals surface area (Å²) in [6.45, 7) is 2.02. The van der Waals surface area contributed by atoms with Gasteiger partial charge in [-0.25, -0.2) is 0 Å². The first-order valence-electron chi connectivity index (χ1n) is 6.28. The molecule has 0 saturated heterocycles. The van der Waals surface area contributed by atoms with Crippen LogP contribution in [0.3, 0.4) is 0 Å². The molecule has 0 aliphatic heterocycles. The second kappa shape index (κ2) is 5.02. The molecule has 0 aliphatic rings. The van der Waals surface area contributed by atoms with Crippen LogP contribution in [0.15, 0.2) is 48.5 Å². The first kappa shape index (κ1) is 12.8. The van der Waals surface area contributed by atoms with Crippen LogP contribution in [0.25, 0.3) is 10.9 Å². The number of rotatable bonds is 2. The van der Waals surface area contributed by atoms with E-state index in [2.05, 4.69) is 10.3 Å². The minimum atomic E-state index is -0.180. The molecular formula is C16H13ClN2O. The van der Waals surface area contributed by atoms with Crippen LogP contribution in [-0.4, -0.2) is 10.9 Å². The van der Waals surface area contributed by atoms with Crippen LogP contribution in [0, 0.1) is 6.92 Å². The van der Waals surface area contributed by atoms with Gasteiger partial charge in [0.1, 0.15) is 5.69 Å². The van der Waals surface area contributed by atoms with Gasteiger partial charge in [-0.15, -0.1) is 0 Å². The molecule has 2 N–H and O–H groups in total. The van der Waals surface area contributed by atoms with E-state index in [1.54, 1.807) is 24.3 Å². The highest BCUT2D eigenvalue weighted by atomic mass is 35.5. The Balaban J connectivity index is 1.88. The lowest BCUT2D eigenvalue weighted by Gasteiger charge is -2.03. The van der Waals surface area contributed by atoms with Crippen molar-refractivity contribution >= 4 is 34.1 Å². The summed E-state index contributed by atoms with van der Waals surface area (Å²) in [5.41, 5.74) is 3.32. The second-order valence-electron chi connectivity index (χ2n) is 4.74. The van der Waals surface area contributed by atoms with Gasteiger partial charge in [0.2, 0.25) is 0 Å². The predicted molar refractivity (Wildman–Crippen MR) is 82.4 cm³/mol. The molecule has 0 spiro atoms. The summed E-state index contributed by atoms with van der Waals surface area (Å²) in [6.07, 6.45) is 0. The Bertz CT molecular complexity index is 792. The monoisotopic (exact) mass is 284 g/mol. The zero-order valence-electron chi connectivity index (χ0n) is 10.9. The largest absolute Gasteiger partial charge is 0.351 e. The molecule has 100 valence electrons. The maximum Gasteiger partial charge on any atom is 0.272 e. The van der Waals surface area contributed by atoms with E-state index < -0.39 is 0 Å². The summed E-state index contributed by atoms with van der Waals surface area (Å²) in [6, 6.07) is 15.0.